The lowest BCUT2D eigenvalue weighted by molar-refractivity contribution is 0.0544. The molecule has 3 heteroatoms. The molecular formula is C15H24O3. The second kappa shape index (κ2) is 8.95. The molecule has 0 aromatic heterocycles. The molecule has 0 aliphatic rings. The van der Waals surface area contributed by atoms with Crippen LogP contribution in [0.2, 0.25) is 0 Å². The first kappa shape index (κ1) is 15.0. The first-order valence-corrected chi connectivity index (χ1v) is 6.57. The quantitative estimate of drug-likeness (QED) is 0.631. The molecule has 0 bridgehead atoms. The van der Waals surface area contributed by atoms with Crippen molar-refractivity contribution in [2.24, 2.45) is 0 Å². The minimum atomic E-state index is 0.576. The minimum Gasteiger partial charge on any atom is -0.491 e. The van der Waals surface area contributed by atoms with Gasteiger partial charge in [-0.3, -0.25) is 0 Å². The lowest BCUT2D eigenvalue weighted by Crippen LogP contribution is -2.10. The zero-order valence-electron chi connectivity index (χ0n) is 11.6. The zero-order chi connectivity index (χ0) is 13.2. The van der Waals surface area contributed by atoms with E-state index in [0.29, 0.717) is 32.3 Å². The number of hydrogen-bond acceptors (Lipinski definition) is 3. The van der Waals surface area contributed by atoms with E-state index in [1.807, 2.05) is 12.1 Å². The maximum Gasteiger partial charge on any atom is 0.119 e. The monoisotopic (exact) mass is 252 g/mol. The summed E-state index contributed by atoms with van der Waals surface area (Å²) in [6.07, 6.45) is 1.16. The Labute approximate surface area is 110 Å². The second-order valence-corrected chi connectivity index (χ2v) is 4.33. The summed E-state index contributed by atoms with van der Waals surface area (Å²) in [5, 5.41) is 0. The predicted molar refractivity (Wildman–Crippen MR) is 73.3 cm³/mol. The molecule has 0 amide bonds. The Morgan fingerprint density at radius 1 is 1.00 bits per heavy atom. The number of methoxy groups -OCH3 is 1. The van der Waals surface area contributed by atoms with Gasteiger partial charge in [-0.1, -0.05) is 26.0 Å². The molecule has 3 nitrogen and oxygen atoms in total. The van der Waals surface area contributed by atoms with E-state index in [-0.39, 0.29) is 0 Å². The Hall–Kier alpha value is -1.06. The van der Waals surface area contributed by atoms with Crippen LogP contribution in [0.25, 0.3) is 0 Å². The molecule has 0 radical (unpaired) electrons. The van der Waals surface area contributed by atoms with Crippen molar-refractivity contribution in [3.8, 4) is 5.75 Å². The Morgan fingerprint density at radius 3 is 2.28 bits per heavy atom. The summed E-state index contributed by atoms with van der Waals surface area (Å²) < 4.78 is 15.8. The highest BCUT2D eigenvalue weighted by Gasteiger charge is 2.02. The van der Waals surface area contributed by atoms with Crippen molar-refractivity contribution in [1.29, 1.82) is 0 Å². The van der Waals surface area contributed by atoms with E-state index in [4.69, 9.17) is 14.2 Å². The fourth-order valence-electron chi connectivity index (χ4n) is 1.59. The van der Waals surface area contributed by atoms with Crippen molar-refractivity contribution in [2.45, 2.75) is 26.2 Å². The van der Waals surface area contributed by atoms with Crippen LogP contribution < -0.4 is 4.74 Å². The molecule has 0 heterocycles. The van der Waals surface area contributed by atoms with Crippen LogP contribution in [0, 0.1) is 0 Å². The van der Waals surface area contributed by atoms with Crippen LogP contribution in [0.4, 0.5) is 0 Å². The van der Waals surface area contributed by atoms with Crippen LogP contribution in [-0.2, 0) is 9.47 Å². The van der Waals surface area contributed by atoms with Crippen molar-refractivity contribution in [2.75, 3.05) is 33.5 Å². The van der Waals surface area contributed by atoms with Crippen molar-refractivity contribution in [3.63, 3.8) is 0 Å². The Morgan fingerprint density at radius 2 is 1.67 bits per heavy atom. The van der Waals surface area contributed by atoms with E-state index in [1.165, 1.54) is 5.56 Å². The van der Waals surface area contributed by atoms with Gasteiger partial charge in [0.05, 0.1) is 19.8 Å². The molecule has 0 aliphatic heterocycles. The first-order valence-electron chi connectivity index (χ1n) is 6.57. The molecule has 1 aromatic rings. The molecule has 18 heavy (non-hydrogen) atoms. The summed E-state index contributed by atoms with van der Waals surface area (Å²) in [5.41, 5.74) is 1.36. The summed E-state index contributed by atoms with van der Waals surface area (Å²) in [4.78, 5) is 0. The van der Waals surface area contributed by atoms with Gasteiger partial charge in [-0.05, 0) is 30.0 Å². The van der Waals surface area contributed by atoms with Gasteiger partial charge in [0.15, 0.2) is 0 Å². The number of rotatable bonds is 9. The smallest absolute Gasteiger partial charge is 0.119 e. The van der Waals surface area contributed by atoms with E-state index in [2.05, 4.69) is 26.0 Å². The number of hydrogen-bond donors (Lipinski definition) is 0. The van der Waals surface area contributed by atoms with Crippen LogP contribution >= 0.6 is 0 Å². The van der Waals surface area contributed by atoms with Gasteiger partial charge in [0.1, 0.15) is 12.4 Å². The maximum atomic E-state index is 5.59. The normalized spacial score (nSPS) is 12.4. The van der Waals surface area contributed by atoms with Gasteiger partial charge >= 0.3 is 0 Å². The average Bonchev–Trinajstić information content (AvgIpc) is 2.42. The lowest BCUT2D eigenvalue weighted by atomic mass is 9.99. The topological polar surface area (TPSA) is 27.7 Å². The zero-order valence-corrected chi connectivity index (χ0v) is 11.6. The molecule has 0 saturated heterocycles. The number of ether oxygens (including phenoxy) is 3. The third-order valence-corrected chi connectivity index (χ3v) is 2.99. The standard InChI is InChI=1S/C15H24O3/c1-4-13(2)14-5-7-15(8-6-14)18-12-11-17-10-9-16-3/h5-8,13H,4,9-12H2,1-3H3. The highest BCUT2D eigenvalue weighted by atomic mass is 16.5. The predicted octanol–water partition coefficient (Wildman–Crippen LogP) is 3.24. The fourth-order valence-corrected chi connectivity index (χ4v) is 1.59. The minimum absolute atomic E-state index is 0.576. The van der Waals surface area contributed by atoms with E-state index >= 15 is 0 Å². The molecule has 0 saturated carbocycles. The first-order chi connectivity index (χ1) is 8.77. The van der Waals surface area contributed by atoms with Crippen molar-refractivity contribution in [3.05, 3.63) is 29.8 Å². The molecule has 0 spiro atoms. The van der Waals surface area contributed by atoms with Gasteiger partial charge < -0.3 is 14.2 Å². The molecule has 102 valence electrons. The largest absolute Gasteiger partial charge is 0.491 e. The van der Waals surface area contributed by atoms with Crippen molar-refractivity contribution in [1.82, 2.24) is 0 Å². The van der Waals surface area contributed by atoms with Gasteiger partial charge in [-0.25, -0.2) is 0 Å². The fraction of sp³-hybridized carbons (Fsp3) is 0.600. The number of benzene rings is 1. The van der Waals surface area contributed by atoms with Crippen LogP contribution in [0.5, 0.6) is 5.75 Å². The SMILES string of the molecule is CCC(C)c1ccc(OCCOCCOC)cc1. The summed E-state index contributed by atoms with van der Waals surface area (Å²) in [7, 11) is 1.67. The lowest BCUT2D eigenvalue weighted by Gasteiger charge is -2.11. The molecule has 1 aromatic carbocycles. The summed E-state index contributed by atoms with van der Waals surface area (Å²) in [6, 6.07) is 8.32. The Bertz CT molecular complexity index is 308. The van der Waals surface area contributed by atoms with Crippen LogP contribution in [0.3, 0.4) is 0 Å². The second-order valence-electron chi connectivity index (χ2n) is 4.33. The third-order valence-electron chi connectivity index (χ3n) is 2.99. The molecule has 0 fully saturated rings. The highest BCUT2D eigenvalue weighted by molar-refractivity contribution is 5.29. The van der Waals surface area contributed by atoms with Crippen molar-refractivity contribution >= 4 is 0 Å². The summed E-state index contributed by atoms with van der Waals surface area (Å²) in [6.45, 7) is 6.85. The molecular weight excluding hydrogens is 228 g/mol. The highest BCUT2D eigenvalue weighted by Crippen LogP contribution is 2.21. The molecule has 0 N–H and O–H groups in total. The van der Waals surface area contributed by atoms with Crippen LogP contribution in [0.1, 0.15) is 31.7 Å². The maximum absolute atomic E-state index is 5.59. The summed E-state index contributed by atoms with van der Waals surface area (Å²) in [5.74, 6) is 1.51. The van der Waals surface area contributed by atoms with E-state index in [0.717, 1.165) is 12.2 Å². The van der Waals surface area contributed by atoms with Gasteiger partial charge in [-0.15, -0.1) is 0 Å². The van der Waals surface area contributed by atoms with Gasteiger partial charge in [0, 0.05) is 7.11 Å². The molecule has 1 rings (SSSR count). The Kier molecular flexibility index (Phi) is 7.46. The van der Waals surface area contributed by atoms with Crippen LogP contribution in [-0.4, -0.2) is 33.5 Å². The van der Waals surface area contributed by atoms with Gasteiger partial charge in [0.2, 0.25) is 0 Å². The third kappa shape index (κ3) is 5.52. The average molecular weight is 252 g/mol. The van der Waals surface area contributed by atoms with E-state index < -0.39 is 0 Å². The van der Waals surface area contributed by atoms with Gasteiger partial charge in [0.25, 0.3) is 0 Å². The van der Waals surface area contributed by atoms with E-state index in [1.54, 1.807) is 7.11 Å². The molecule has 1 atom stereocenters. The van der Waals surface area contributed by atoms with E-state index in [9.17, 15) is 0 Å². The molecule has 0 aliphatic carbocycles. The van der Waals surface area contributed by atoms with Crippen LogP contribution in [0.15, 0.2) is 24.3 Å². The van der Waals surface area contributed by atoms with Crippen molar-refractivity contribution < 1.29 is 14.2 Å². The summed E-state index contributed by atoms with van der Waals surface area (Å²) >= 11 is 0. The Balaban J connectivity index is 2.22. The molecule has 1 unspecified atom stereocenters. The van der Waals surface area contributed by atoms with Gasteiger partial charge in [-0.2, -0.15) is 0 Å².